The molecule has 2 aromatic carbocycles. The Kier molecular flexibility index (Phi) is 5.29. The highest BCUT2D eigenvalue weighted by molar-refractivity contribution is 7.92. The molecule has 0 aliphatic rings. The first kappa shape index (κ1) is 18.0. The number of anilines is 3. The molecule has 1 heterocycles. The molecular weight excluding hydrogens is 374 g/mol. The lowest BCUT2D eigenvalue weighted by molar-refractivity contribution is 0.415. The van der Waals surface area contributed by atoms with Crippen LogP contribution in [0, 0.1) is 0 Å². The zero-order valence-electron chi connectivity index (χ0n) is 13.8. The predicted molar refractivity (Wildman–Crippen MR) is 103 cm³/mol. The Morgan fingerprint density at radius 2 is 1.81 bits per heavy atom. The number of nitrogens with one attached hydrogen (secondary N) is 2. The third kappa shape index (κ3) is 4.44. The normalized spacial score (nSPS) is 11.0. The molecule has 0 unspecified atom stereocenters. The van der Waals surface area contributed by atoms with Gasteiger partial charge in [0.25, 0.3) is 10.0 Å². The van der Waals surface area contributed by atoms with Crippen LogP contribution in [0.4, 0.5) is 17.2 Å². The van der Waals surface area contributed by atoms with E-state index >= 15 is 0 Å². The molecule has 0 saturated heterocycles. The zero-order chi connectivity index (χ0) is 18.6. The van der Waals surface area contributed by atoms with E-state index in [0.717, 1.165) is 11.4 Å². The van der Waals surface area contributed by atoms with Crippen molar-refractivity contribution in [3.05, 3.63) is 71.9 Å². The molecule has 0 bridgehead atoms. The first-order valence-corrected chi connectivity index (χ1v) is 9.48. The zero-order valence-corrected chi connectivity index (χ0v) is 15.4. The van der Waals surface area contributed by atoms with Crippen molar-refractivity contribution < 1.29 is 13.2 Å². The molecule has 6 nitrogen and oxygen atoms in total. The van der Waals surface area contributed by atoms with Crippen LogP contribution in [0.2, 0.25) is 5.02 Å². The molecule has 1 aromatic heterocycles. The van der Waals surface area contributed by atoms with E-state index < -0.39 is 10.0 Å². The largest absolute Gasteiger partial charge is 0.497 e. The smallest absolute Gasteiger partial charge is 0.263 e. The van der Waals surface area contributed by atoms with Gasteiger partial charge in [-0.2, -0.15) is 0 Å². The molecule has 0 aliphatic heterocycles. The van der Waals surface area contributed by atoms with Gasteiger partial charge < -0.3 is 10.1 Å². The van der Waals surface area contributed by atoms with E-state index in [4.69, 9.17) is 16.3 Å². The van der Waals surface area contributed by atoms with Gasteiger partial charge >= 0.3 is 0 Å². The summed E-state index contributed by atoms with van der Waals surface area (Å²) in [5.41, 5.74) is 1.54. The second-order valence-corrected chi connectivity index (χ2v) is 7.47. The summed E-state index contributed by atoms with van der Waals surface area (Å²) in [6.07, 6.45) is 1.54. The van der Waals surface area contributed by atoms with Gasteiger partial charge in [0.05, 0.1) is 23.9 Å². The van der Waals surface area contributed by atoms with E-state index in [2.05, 4.69) is 15.0 Å². The van der Waals surface area contributed by atoms with Crippen molar-refractivity contribution in [3.8, 4) is 5.75 Å². The molecule has 2 N–H and O–H groups in total. The summed E-state index contributed by atoms with van der Waals surface area (Å²) >= 11 is 5.85. The van der Waals surface area contributed by atoms with E-state index in [1.165, 1.54) is 18.3 Å². The number of sulfonamides is 1. The van der Waals surface area contributed by atoms with Gasteiger partial charge in [0.1, 0.15) is 11.6 Å². The van der Waals surface area contributed by atoms with Gasteiger partial charge in [0, 0.05) is 16.8 Å². The Hall–Kier alpha value is -2.77. The van der Waals surface area contributed by atoms with Crippen molar-refractivity contribution in [2.75, 3.05) is 17.1 Å². The van der Waals surface area contributed by atoms with Gasteiger partial charge in [0.2, 0.25) is 0 Å². The summed E-state index contributed by atoms with van der Waals surface area (Å²) in [6, 6.07) is 16.8. The topological polar surface area (TPSA) is 80.3 Å². The number of benzene rings is 2. The number of methoxy groups -OCH3 is 1. The van der Waals surface area contributed by atoms with Crippen LogP contribution in [-0.2, 0) is 10.0 Å². The number of hydrogen-bond acceptors (Lipinski definition) is 5. The SMILES string of the molecule is COc1cccc(Nc2ccc(NS(=O)(=O)c3cccc(Cl)c3)nc2)c1. The maximum absolute atomic E-state index is 12.4. The minimum absolute atomic E-state index is 0.0744. The van der Waals surface area contributed by atoms with Crippen LogP contribution in [0.1, 0.15) is 0 Å². The fourth-order valence-corrected chi connectivity index (χ4v) is 3.54. The van der Waals surface area contributed by atoms with E-state index in [9.17, 15) is 8.42 Å². The van der Waals surface area contributed by atoms with Crippen LogP contribution < -0.4 is 14.8 Å². The summed E-state index contributed by atoms with van der Waals surface area (Å²) in [7, 11) is -2.15. The van der Waals surface area contributed by atoms with Crippen molar-refractivity contribution in [1.29, 1.82) is 0 Å². The molecule has 0 amide bonds. The highest BCUT2D eigenvalue weighted by Crippen LogP contribution is 2.22. The Labute approximate surface area is 156 Å². The lowest BCUT2D eigenvalue weighted by atomic mass is 10.3. The second kappa shape index (κ2) is 7.63. The van der Waals surface area contributed by atoms with E-state index in [1.54, 1.807) is 31.4 Å². The summed E-state index contributed by atoms with van der Waals surface area (Å²) in [5.74, 6) is 0.940. The molecule has 3 aromatic rings. The molecule has 0 saturated carbocycles. The minimum Gasteiger partial charge on any atom is -0.497 e. The van der Waals surface area contributed by atoms with Gasteiger partial charge in [-0.25, -0.2) is 13.4 Å². The van der Waals surface area contributed by atoms with Crippen molar-refractivity contribution in [2.45, 2.75) is 4.90 Å². The maximum Gasteiger partial charge on any atom is 0.263 e. The molecular formula is C18H16ClN3O3S. The first-order chi connectivity index (χ1) is 12.5. The molecule has 134 valence electrons. The lowest BCUT2D eigenvalue weighted by Crippen LogP contribution is -2.13. The number of rotatable bonds is 6. The Bertz CT molecular complexity index is 1010. The molecule has 26 heavy (non-hydrogen) atoms. The number of ether oxygens (including phenoxy) is 1. The van der Waals surface area contributed by atoms with Crippen molar-refractivity contribution >= 4 is 38.8 Å². The van der Waals surface area contributed by atoms with Crippen LogP contribution in [0.15, 0.2) is 71.8 Å². The fourth-order valence-electron chi connectivity index (χ4n) is 2.23. The summed E-state index contributed by atoms with van der Waals surface area (Å²) in [4.78, 5) is 4.21. The maximum atomic E-state index is 12.4. The van der Waals surface area contributed by atoms with Crippen molar-refractivity contribution in [2.24, 2.45) is 0 Å². The Balaban J connectivity index is 1.73. The first-order valence-electron chi connectivity index (χ1n) is 7.62. The van der Waals surface area contributed by atoms with Gasteiger partial charge in [0.15, 0.2) is 0 Å². The standard InChI is InChI=1S/C18H16ClN3O3S/c1-25-16-6-3-5-14(11-16)21-15-8-9-18(20-12-15)22-26(23,24)17-7-2-4-13(19)10-17/h2-12,21H,1H3,(H,20,22). The third-order valence-electron chi connectivity index (χ3n) is 3.47. The lowest BCUT2D eigenvalue weighted by Gasteiger charge is -2.10. The van der Waals surface area contributed by atoms with E-state index in [0.29, 0.717) is 10.7 Å². The molecule has 0 radical (unpaired) electrons. The molecule has 0 atom stereocenters. The average Bonchev–Trinajstić information content (AvgIpc) is 2.63. The van der Waals surface area contributed by atoms with Crippen molar-refractivity contribution in [3.63, 3.8) is 0 Å². The second-order valence-electron chi connectivity index (χ2n) is 5.35. The highest BCUT2D eigenvalue weighted by atomic mass is 35.5. The third-order valence-corrected chi connectivity index (χ3v) is 5.05. The summed E-state index contributed by atoms with van der Waals surface area (Å²) in [5, 5.41) is 3.52. The van der Waals surface area contributed by atoms with Crippen LogP contribution in [0.3, 0.4) is 0 Å². The summed E-state index contributed by atoms with van der Waals surface area (Å²) < 4.78 is 32.3. The highest BCUT2D eigenvalue weighted by Gasteiger charge is 2.15. The molecule has 3 rings (SSSR count). The fraction of sp³-hybridized carbons (Fsp3) is 0.0556. The Morgan fingerprint density at radius 1 is 1.00 bits per heavy atom. The van der Waals surface area contributed by atoms with Crippen molar-refractivity contribution in [1.82, 2.24) is 4.98 Å². The van der Waals surface area contributed by atoms with Gasteiger partial charge in [-0.1, -0.05) is 23.7 Å². The number of pyridine rings is 1. The number of halogens is 1. The summed E-state index contributed by atoms with van der Waals surface area (Å²) in [6.45, 7) is 0. The predicted octanol–water partition coefficient (Wildman–Crippen LogP) is 4.29. The Morgan fingerprint density at radius 3 is 2.50 bits per heavy atom. The van der Waals surface area contributed by atoms with E-state index in [-0.39, 0.29) is 10.7 Å². The number of hydrogen-bond donors (Lipinski definition) is 2. The van der Waals surface area contributed by atoms with Gasteiger partial charge in [-0.15, -0.1) is 0 Å². The average molecular weight is 390 g/mol. The van der Waals surface area contributed by atoms with E-state index in [1.807, 2.05) is 24.3 Å². The van der Waals surface area contributed by atoms with Crippen LogP contribution in [0.5, 0.6) is 5.75 Å². The van der Waals surface area contributed by atoms with Gasteiger partial charge in [-0.3, -0.25) is 4.72 Å². The van der Waals surface area contributed by atoms with Gasteiger partial charge in [-0.05, 0) is 42.5 Å². The quantitative estimate of drug-likeness (QED) is 0.657. The van der Waals surface area contributed by atoms with Crippen LogP contribution in [-0.4, -0.2) is 20.5 Å². The number of nitrogens with zero attached hydrogens (tertiary/aromatic N) is 1. The molecule has 0 aliphatic carbocycles. The monoisotopic (exact) mass is 389 g/mol. The molecule has 0 spiro atoms. The van der Waals surface area contributed by atoms with Crippen LogP contribution >= 0.6 is 11.6 Å². The molecule has 8 heteroatoms. The minimum atomic E-state index is -3.75. The van der Waals surface area contributed by atoms with Crippen LogP contribution in [0.25, 0.3) is 0 Å². The molecule has 0 fully saturated rings. The number of aromatic nitrogens is 1.